The highest BCUT2D eigenvalue weighted by Crippen LogP contribution is 2.08. The van der Waals surface area contributed by atoms with E-state index in [-0.39, 0.29) is 0 Å². The zero-order valence-electron chi connectivity index (χ0n) is 8.30. The molecule has 0 aliphatic rings. The highest BCUT2D eigenvalue weighted by atomic mass is 16.2. The summed E-state index contributed by atoms with van der Waals surface area (Å²) in [4.78, 5) is 9.81. The third-order valence-electron chi connectivity index (χ3n) is 2.09. The van der Waals surface area contributed by atoms with E-state index >= 15 is 0 Å². The zero-order valence-corrected chi connectivity index (χ0v) is 8.30. The first-order chi connectivity index (χ1) is 6.41. The predicted molar refractivity (Wildman–Crippen MR) is 54.3 cm³/mol. The molecule has 0 radical (unpaired) electrons. The van der Waals surface area contributed by atoms with Gasteiger partial charge in [0.2, 0.25) is 0 Å². The van der Waals surface area contributed by atoms with Crippen LogP contribution in [0.25, 0.3) is 0 Å². The van der Waals surface area contributed by atoms with Crippen molar-refractivity contribution in [2.45, 2.75) is 51.4 Å². The molecule has 0 atom stereocenters. The second-order valence-electron chi connectivity index (χ2n) is 3.31. The molecule has 0 aromatic rings. The Morgan fingerprint density at radius 1 is 0.923 bits per heavy atom. The van der Waals surface area contributed by atoms with E-state index in [0.717, 1.165) is 25.7 Å². The molecule has 1 N–H and O–H groups in total. The SMILES string of the molecule is O=C=CCCCCCCCCCO. The van der Waals surface area contributed by atoms with Gasteiger partial charge in [-0.15, -0.1) is 0 Å². The molecule has 0 rings (SSSR count). The summed E-state index contributed by atoms with van der Waals surface area (Å²) in [6, 6.07) is 0. The Kier molecular flexibility index (Phi) is 10.9. The van der Waals surface area contributed by atoms with Gasteiger partial charge in [-0.05, 0) is 25.3 Å². The lowest BCUT2D eigenvalue weighted by Crippen LogP contribution is -1.83. The van der Waals surface area contributed by atoms with Crippen LogP contribution in [0.3, 0.4) is 0 Å². The second-order valence-corrected chi connectivity index (χ2v) is 3.31. The van der Waals surface area contributed by atoms with Crippen LogP contribution in [-0.4, -0.2) is 17.7 Å². The van der Waals surface area contributed by atoms with Crippen molar-refractivity contribution < 1.29 is 9.90 Å². The Morgan fingerprint density at radius 2 is 1.46 bits per heavy atom. The minimum Gasteiger partial charge on any atom is -0.396 e. The monoisotopic (exact) mass is 184 g/mol. The Balaban J connectivity index is 2.87. The van der Waals surface area contributed by atoms with Crippen LogP contribution in [0.1, 0.15) is 51.4 Å². The van der Waals surface area contributed by atoms with Crippen LogP contribution in [0.4, 0.5) is 0 Å². The number of unbranched alkanes of at least 4 members (excludes halogenated alkanes) is 7. The molecular weight excluding hydrogens is 164 g/mol. The van der Waals surface area contributed by atoms with E-state index in [4.69, 9.17) is 5.11 Å². The number of rotatable bonds is 9. The summed E-state index contributed by atoms with van der Waals surface area (Å²) in [6.45, 7) is 0.324. The largest absolute Gasteiger partial charge is 0.396 e. The molecule has 0 aromatic carbocycles. The summed E-state index contributed by atoms with van der Waals surface area (Å²) in [5.41, 5.74) is 0. The Bertz CT molecular complexity index is 137. The first kappa shape index (κ1) is 12.4. The van der Waals surface area contributed by atoms with Crippen molar-refractivity contribution in [1.29, 1.82) is 0 Å². The van der Waals surface area contributed by atoms with Gasteiger partial charge >= 0.3 is 0 Å². The van der Waals surface area contributed by atoms with Crippen molar-refractivity contribution in [2.24, 2.45) is 0 Å². The van der Waals surface area contributed by atoms with Crippen molar-refractivity contribution >= 4 is 5.94 Å². The van der Waals surface area contributed by atoms with E-state index in [0.29, 0.717) is 6.61 Å². The molecule has 0 saturated carbocycles. The summed E-state index contributed by atoms with van der Waals surface area (Å²) in [5, 5.41) is 8.53. The lowest BCUT2D eigenvalue weighted by atomic mass is 10.1. The number of hydrogen-bond donors (Lipinski definition) is 1. The highest BCUT2D eigenvalue weighted by Gasteiger charge is 1.90. The van der Waals surface area contributed by atoms with Crippen LogP contribution in [0.2, 0.25) is 0 Å². The van der Waals surface area contributed by atoms with Gasteiger partial charge in [-0.25, -0.2) is 4.79 Å². The van der Waals surface area contributed by atoms with E-state index in [1.165, 1.54) is 25.7 Å². The molecule has 0 fully saturated rings. The van der Waals surface area contributed by atoms with Gasteiger partial charge in [0, 0.05) is 6.61 Å². The molecule has 0 heterocycles. The Morgan fingerprint density at radius 3 is 2.00 bits per heavy atom. The van der Waals surface area contributed by atoms with Gasteiger partial charge in [0.25, 0.3) is 0 Å². The van der Waals surface area contributed by atoms with E-state index in [1.54, 1.807) is 12.0 Å². The van der Waals surface area contributed by atoms with Crippen LogP contribution in [0.15, 0.2) is 6.08 Å². The lowest BCUT2D eigenvalue weighted by Gasteiger charge is -1.98. The van der Waals surface area contributed by atoms with Crippen molar-refractivity contribution in [3.8, 4) is 0 Å². The summed E-state index contributed by atoms with van der Waals surface area (Å²) < 4.78 is 0. The molecule has 2 nitrogen and oxygen atoms in total. The van der Waals surface area contributed by atoms with E-state index in [9.17, 15) is 4.79 Å². The quantitative estimate of drug-likeness (QED) is 0.441. The smallest absolute Gasteiger partial charge is 0.120 e. The van der Waals surface area contributed by atoms with Crippen molar-refractivity contribution in [1.82, 2.24) is 0 Å². The second kappa shape index (κ2) is 11.4. The summed E-state index contributed by atoms with van der Waals surface area (Å²) >= 11 is 0. The van der Waals surface area contributed by atoms with Gasteiger partial charge in [0.05, 0.1) is 0 Å². The Hall–Kier alpha value is -0.590. The third-order valence-corrected chi connectivity index (χ3v) is 2.09. The van der Waals surface area contributed by atoms with Crippen molar-refractivity contribution in [3.63, 3.8) is 0 Å². The van der Waals surface area contributed by atoms with E-state index in [1.807, 2.05) is 0 Å². The number of allylic oxidation sites excluding steroid dienone is 1. The molecule has 13 heavy (non-hydrogen) atoms. The van der Waals surface area contributed by atoms with Gasteiger partial charge in [0.15, 0.2) is 0 Å². The maximum Gasteiger partial charge on any atom is 0.120 e. The van der Waals surface area contributed by atoms with Gasteiger partial charge in [-0.2, -0.15) is 0 Å². The summed E-state index contributed by atoms with van der Waals surface area (Å²) in [7, 11) is 0. The molecule has 76 valence electrons. The first-order valence-corrected chi connectivity index (χ1v) is 5.22. The molecule has 2 heteroatoms. The van der Waals surface area contributed by atoms with Crippen LogP contribution in [-0.2, 0) is 4.79 Å². The van der Waals surface area contributed by atoms with E-state index in [2.05, 4.69) is 0 Å². The minimum atomic E-state index is 0.324. The molecule has 0 unspecified atom stereocenters. The normalized spacial score (nSPS) is 9.62. The third kappa shape index (κ3) is 11.4. The first-order valence-electron chi connectivity index (χ1n) is 5.22. The molecule has 0 aliphatic heterocycles. The fourth-order valence-electron chi connectivity index (χ4n) is 1.30. The van der Waals surface area contributed by atoms with Gasteiger partial charge < -0.3 is 5.11 Å². The van der Waals surface area contributed by atoms with Gasteiger partial charge in [-0.1, -0.05) is 32.1 Å². The fourth-order valence-corrected chi connectivity index (χ4v) is 1.30. The maximum atomic E-state index is 9.81. The van der Waals surface area contributed by atoms with Crippen molar-refractivity contribution in [3.05, 3.63) is 6.08 Å². The number of carbonyl (C=O) groups excluding carboxylic acids is 1. The minimum absolute atomic E-state index is 0.324. The van der Waals surface area contributed by atoms with Gasteiger partial charge in [0.1, 0.15) is 5.94 Å². The molecular formula is C11H20O2. The van der Waals surface area contributed by atoms with Crippen LogP contribution in [0.5, 0.6) is 0 Å². The fraction of sp³-hybridized carbons (Fsp3) is 0.818. The maximum absolute atomic E-state index is 9.81. The summed E-state index contributed by atoms with van der Waals surface area (Å²) in [5.74, 6) is 1.78. The molecule has 0 amide bonds. The lowest BCUT2D eigenvalue weighted by molar-refractivity contribution is 0.282. The number of aliphatic hydroxyl groups excluding tert-OH is 1. The molecule has 0 bridgehead atoms. The Labute approximate surface area is 80.7 Å². The molecule has 0 spiro atoms. The number of aliphatic hydroxyl groups is 1. The van der Waals surface area contributed by atoms with Crippen LogP contribution in [0, 0.1) is 0 Å². The number of hydrogen-bond acceptors (Lipinski definition) is 2. The van der Waals surface area contributed by atoms with E-state index < -0.39 is 0 Å². The van der Waals surface area contributed by atoms with Crippen LogP contribution >= 0.6 is 0 Å². The molecule has 0 aliphatic carbocycles. The topological polar surface area (TPSA) is 37.3 Å². The highest BCUT2D eigenvalue weighted by molar-refractivity contribution is 5.44. The predicted octanol–water partition coefficient (Wildman–Crippen LogP) is 2.49. The average molecular weight is 184 g/mol. The standard InChI is InChI=1S/C11H20O2/c12-10-8-6-4-2-1-3-5-7-9-11-13/h8,13H,1-7,9,11H2. The van der Waals surface area contributed by atoms with Gasteiger partial charge in [-0.3, -0.25) is 0 Å². The molecule has 0 saturated heterocycles. The van der Waals surface area contributed by atoms with Crippen molar-refractivity contribution in [2.75, 3.05) is 6.61 Å². The molecule has 0 aromatic heterocycles. The average Bonchev–Trinajstić information content (AvgIpc) is 2.16. The van der Waals surface area contributed by atoms with Crippen LogP contribution < -0.4 is 0 Å². The summed E-state index contributed by atoms with van der Waals surface area (Å²) in [6.07, 6.45) is 10.6. The zero-order chi connectivity index (χ0) is 9.78.